The van der Waals surface area contributed by atoms with E-state index in [0.29, 0.717) is 22.4 Å². The Labute approximate surface area is 180 Å². The summed E-state index contributed by atoms with van der Waals surface area (Å²) in [6, 6.07) is 16.7. The standard InChI is InChI=1S/C23H19N3O4S/c1-30-23(27)17-8-10-18(16-6-7-16)22(13-17)31(28,29)26-21-12-15(14-24)5-9-19(21)20-4-2-3-11-25-20/h2-5,8-13,16,26H,6-7H2,1H3. The monoisotopic (exact) mass is 433 g/mol. The molecule has 0 atom stereocenters. The van der Waals surface area contributed by atoms with Crippen molar-refractivity contribution in [3.63, 3.8) is 0 Å². The molecular formula is C23H19N3O4S. The van der Waals surface area contributed by atoms with E-state index in [1.54, 1.807) is 48.7 Å². The van der Waals surface area contributed by atoms with Crippen LogP contribution in [0, 0.1) is 11.3 Å². The van der Waals surface area contributed by atoms with Crippen molar-refractivity contribution in [2.75, 3.05) is 11.8 Å². The van der Waals surface area contributed by atoms with Crippen molar-refractivity contribution in [1.29, 1.82) is 5.26 Å². The Bertz CT molecular complexity index is 1290. The zero-order valence-electron chi connectivity index (χ0n) is 16.7. The fraction of sp³-hybridized carbons (Fsp3) is 0.174. The van der Waals surface area contributed by atoms with Gasteiger partial charge in [0.15, 0.2) is 0 Å². The average Bonchev–Trinajstić information content (AvgIpc) is 3.64. The predicted molar refractivity (Wildman–Crippen MR) is 115 cm³/mol. The zero-order chi connectivity index (χ0) is 22.0. The molecule has 1 aromatic heterocycles. The number of carbonyl (C=O) groups excluding carboxylic acids is 1. The smallest absolute Gasteiger partial charge is 0.337 e. The molecule has 8 heteroatoms. The van der Waals surface area contributed by atoms with Crippen LogP contribution in [0.4, 0.5) is 5.69 Å². The Morgan fingerprint density at radius 1 is 1.16 bits per heavy atom. The van der Waals surface area contributed by atoms with E-state index in [0.717, 1.165) is 12.8 Å². The van der Waals surface area contributed by atoms with E-state index in [1.807, 2.05) is 6.07 Å². The Hall–Kier alpha value is -3.70. The van der Waals surface area contributed by atoms with Crippen molar-refractivity contribution in [3.05, 3.63) is 77.5 Å². The number of carbonyl (C=O) groups is 1. The van der Waals surface area contributed by atoms with Gasteiger partial charge in [-0.05, 0) is 66.8 Å². The van der Waals surface area contributed by atoms with E-state index in [-0.39, 0.29) is 22.1 Å². The van der Waals surface area contributed by atoms with Gasteiger partial charge in [0.2, 0.25) is 0 Å². The third-order valence-electron chi connectivity index (χ3n) is 5.08. The number of nitrogens with zero attached hydrogens (tertiary/aromatic N) is 2. The van der Waals surface area contributed by atoms with Crippen molar-refractivity contribution >= 4 is 21.7 Å². The third kappa shape index (κ3) is 4.27. The second kappa shape index (κ2) is 8.20. The predicted octanol–water partition coefficient (Wildman–Crippen LogP) is 4.09. The van der Waals surface area contributed by atoms with Crippen molar-refractivity contribution < 1.29 is 17.9 Å². The molecule has 1 aliphatic carbocycles. The fourth-order valence-electron chi connectivity index (χ4n) is 3.39. The lowest BCUT2D eigenvalue weighted by atomic mass is 10.1. The quantitative estimate of drug-likeness (QED) is 0.587. The van der Waals surface area contributed by atoms with Gasteiger partial charge >= 0.3 is 5.97 Å². The molecule has 0 amide bonds. The first-order chi connectivity index (χ1) is 14.9. The first-order valence-corrected chi connectivity index (χ1v) is 11.1. The summed E-state index contributed by atoms with van der Waals surface area (Å²) in [6.07, 6.45) is 3.39. The van der Waals surface area contributed by atoms with Crippen LogP contribution in [-0.2, 0) is 14.8 Å². The van der Waals surface area contributed by atoms with Crippen LogP contribution in [0.15, 0.2) is 65.7 Å². The Morgan fingerprint density at radius 3 is 2.61 bits per heavy atom. The molecule has 2 aromatic carbocycles. The molecule has 1 N–H and O–H groups in total. The third-order valence-corrected chi connectivity index (χ3v) is 6.50. The van der Waals surface area contributed by atoms with Gasteiger partial charge < -0.3 is 4.74 Å². The number of nitrogens with one attached hydrogen (secondary N) is 1. The van der Waals surface area contributed by atoms with Crippen molar-refractivity contribution in [2.24, 2.45) is 0 Å². The number of nitriles is 1. The number of pyridine rings is 1. The molecule has 7 nitrogen and oxygen atoms in total. The van der Waals surface area contributed by atoms with Gasteiger partial charge in [0.05, 0.1) is 40.6 Å². The molecule has 0 radical (unpaired) electrons. The van der Waals surface area contributed by atoms with E-state index in [9.17, 15) is 18.5 Å². The van der Waals surface area contributed by atoms with E-state index in [2.05, 4.69) is 9.71 Å². The summed E-state index contributed by atoms with van der Waals surface area (Å²) in [5, 5.41) is 9.29. The second-order valence-electron chi connectivity index (χ2n) is 7.21. The van der Waals surface area contributed by atoms with Crippen LogP contribution >= 0.6 is 0 Å². The van der Waals surface area contributed by atoms with Crippen molar-refractivity contribution in [3.8, 4) is 17.3 Å². The molecular weight excluding hydrogens is 414 g/mol. The van der Waals surface area contributed by atoms with E-state index < -0.39 is 16.0 Å². The number of esters is 1. The van der Waals surface area contributed by atoms with Crippen LogP contribution in [0.25, 0.3) is 11.3 Å². The molecule has 1 heterocycles. The Kier molecular flexibility index (Phi) is 5.44. The summed E-state index contributed by atoms with van der Waals surface area (Å²) < 4.78 is 34.2. The summed E-state index contributed by atoms with van der Waals surface area (Å²) in [4.78, 5) is 16.3. The van der Waals surface area contributed by atoms with Gasteiger partial charge in [0.25, 0.3) is 10.0 Å². The minimum Gasteiger partial charge on any atom is -0.465 e. The van der Waals surface area contributed by atoms with Gasteiger partial charge in [-0.3, -0.25) is 9.71 Å². The number of methoxy groups -OCH3 is 1. The molecule has 1 saturated carbocycles. The van der Waals surface area contributed by atoms with Crippen LogP contribution in [0.5, 0.6) is 0 Å². The van der Waals surface area contributed by atoms with Gasteiger partial charge in [0.1, 0.15) is 0 Å². The first-order valence-electron chi connectivity index (χ1n) is 9.63. The Balaban J connectivity index is 1.81. The van der Waals surface area contributed by atoms with Crippen LogP contribution < -0.4 is 4.72 Å². The van der Waals surface area contributed by atoms with Gasteiger partial charge in [-0.2, -0.15) is 5.26 Å². The lowest BCUT2D eigenvalue weighted by Crippen LogP contribution is -2.17. The summed E-state index contributed by atoms with van der Waals surface area (Å²) in [5.41, 5.74) is 2.47. The molecule has 0 bridgehead atoms. The van der Waals surface area contributed by atoms with Crippen LogP contribution in [0.1, 0.15) is 40.2 Å². The molecule has 3 aromatic rings. The van der Waals surface area contributed by atoms with Crippen molar-refractivity contribution in [2.45, 2.75) is 23.7 Å². The molecule has 1 aliphatic rings. The average molecular weight is 433 g/mol. The Morgan fingerprint density at radius 2 is 1.97 bits per heavy atom. The number of hydrogen-bond acceptors (Lipinski definition) is 6. The normalized spacial score (nSPS) is 13.3. The first kappa shape index (κ1) is 20.6. The number of ether oxygens (including phenoxy) is 1. The summed E-state index contributed by atoms with van der Waals surface area (Å²) in [6.45, 7) is 0. The number of aromatic nitrogens is 1. The maximum atomic E-state index is 13.4. The van der Waals surface area contributed by atoms with E-state index in [1.165, 1.54) is 19.2 Å². The van der Waals surface area contributed by atoms with E-state index >= 15 is 0 Å². The molecule has 0 aliphatic heterocycles. The highest BCUT2D eigenvalue weighted by molar-refractivity contribution is 7.92. The topological polar surface area (TPSA) is 109 Å². The largest absolute Gasteiger partial charge is 0.465 e. The number of hydrogen-bond donors (Lipinski definition) is 1. The SMILES string of the molecule is COC(=O)c1ccc(C2CC2)c(S(=O)(=O)Nc2cc(C#N)ccc2-c2ccccn2)c1. The molecule has 31 heavy (non-hydrogen) atoms. The van der Waals surface area contributed by atoms with E-state index in [4.69, 9.17) is 4.74 Å². The van der Waals surface area contributed by atoms with Crippen LogP contribution in [-0.4, -0.2) is 26.5 Å². The second-order valence-corrected chi connectivity index (χ2v) is 8.86. The molecule has 0 saturated heterocycles. The summed E-state index contributed by atoms with van der Waals surface area (Å²) in [7, 11) is -2.82. The summed E-state index contributed by atoms with van der Waals surface area (Å²) >= 11 is 0. The van der Waals surface area contributed by atoms with Gasteiger partial charge in [-0.25, -0.2) is 13.2 Å². The highest BCUT2D eigenvalue weighted by atomic mass is 32.2. The van der Waals surface area contributed by atoms with Crippen molar-refractivity contribution in [1.82, 2.24) is 4.98 Å². The van der Waals surface area contributed by atoms with Gasteiger partial charge in [0, 0.05) is 11.8 Å². The highest BCUT2D eigenvalue weighted by Gasteiger charge is 2.31. The maximum absolute atomic E-state index is 13.4. The summed E-state index contributed by atoms with van der Waals surface area (Å²) in [5.74, 6) is -0.474. The van der Waals surface area contributed by atoms with Crippen LogP contribution in [0.2, 0.25) is 0 Å². The minimum atomic E-state index is -4.06. The molecule has 0 spiro atoms. The minimum absolute atomic E-state index is 0.0345. The lowest BCUT2D eigenvalue weighted by molar-refractivity contribution is 0.0600. The fourth-order valence-corrected chi connectivity index (χ4v) is 4.78. The molecule has 1 fully saturated rings. The number of rotatable bonds is 6. The zero-order valence-corrected chi connectivity index (χ0v) is 17.5. The van der Waals surface area contributed by atoms with Gasteiger partial charge in [-0.15, -0.1) is 0 Å². The number of anilines is 1. The number of benzene rings is 2. The van der Waals surface area contributed by atoms with Crippen LogP contribution in [0.3, 0.4) is 0 Å². The molecule has 4 rings (SSSR count). The highest BCUT2D eigenvalue weighted by Crippen LogP contribution is 2.43. The molecule has 0 unspecified atom stereocenters. The van der Waals surface area contributed by atoms with Gasteiger partial charge in [-0.1, -0.05) is 12.1 Å². The number of sulfonamides is 1. The lowest BCUT2D eigenvalue weighted by Gasteiger charge is -2.16. The maximum Gasteiger partial charge on any atom is 0.337 e. The molecule has 156 valence electrons.